The van der Waals surface area contributed by atoms with Gasteiger partial charge >= 0.3 is 6.01 Å². The molecule has 1 N–H and O–H groups in total. The smallest absolute Gasteiger partial charge is 0.324 e. The summed E-state index contributed by atoms with van der Waals surface area (Å²) in [7, 11) is 0. The minimum Gasteiger partial charge on any atom is -0.352 e. The second kappa shape index (κ2) is 9.07. The number of nitrogens with one attached hydrogen (secondary N) is 1. The number of carbonyl (C=O) groups excluding carboxylic acids is 1. The number of rotatable bonds is 6. The quantitative estimate of drug-likeness (QED) is 0.672. The van der Waals surface area contributed by atoms with Gasteiger partial charge in [0, 0.05) is 43.5 Å². The number of anilines is 1. The lowest BCUT2D eigenvalue weighted by atomic mass is 9.96. The van der Waals surface area contributed by atoms with Crippen molar-refractivity contribution in [2.24, 2.45) is 5.92 Å². The molecule has 0 atom stereocenters. The molecule has 2 aromatic heterocycles. The van der Waals surface area contributed by atoms with Crippen molar-refractivity contribution in [3.63, 3.8) is 0 Å². The normalized spacial score (nSPS) is 14.8. The first-order valence-corrected chi connectivity index (χ1v) is 10.5. The number of hydrogen-bond acceptors (Lipinski definition) is 6. The van der Waals surface area contributed by atoms with E-state index < -0.39 is 0 Å². The molecular formula is C23H27N5O2. The monoisotopic (exact) mass is 405 g/mol. The second-order valence-corrected chi connectivity index (χ2v) is 8.02. The number of pyridine rings is 1. The first kappa shape index (κ1) is 20.1. The molecule has 0 spiro atoms. The van der Waals surface area contributed by atoms with Gasteiger partial charge in [-0.05, 0) is 36.0 Å². The van der Waals surface area contributed by atoms with Crippen LogP contribution < -0.4 is 10.2 Å². The van der Waals surface area contributed by atoms with Gasteiger partial charge in [-0.25, -0.2) is 0 Å². The number of hydrogen-bond donors (Lipinski definition) is 1. The fourth-order valence-corrected chi connectivity index (χ4v) is 3.65. The van der Waals surface area contributed by atoms with Crippen molar-refractivity contribution in [2.45, 2.75) is 39.2 Å². The van der Waals surface area contributed by atoms with Gasteiger partial charge in [0.05, 0.1) is 0 Å². The lowest BCUT2D eigenvalue weighted by Crippen LogP contribution is -2.40. The molecule has 0 aliphatic carbocycles. The Morgan fingerprint density at radius 2 is 1.97 bits per heavy atom. The Morgan fingerprint density at radius 1 is 1.20 bits per heavy atom. The number of carbonyl (C=O) groups is 1. The van der Waals surface area contributed by atoms with Crippen molar-refractivity contribution in [2.75, 3.05) is 18.0 Å². The minimum atomic E-state index is 0.00360. The molecule has 1 aromatic carbocycles. The number of nitrogens with zero attached hydrogens (tertiary/aromatic N) is 4. The Morgan fingerprint density at radius 3 is 2.63 bits per heavy atom. The van der Waals surface area contributed by atoms with Crippen molar-refractivity contribution in [3.05, 3.63) is 59.9 Å². The summed E-state index contributed by atoms with van der Waals surface area (Å²) in [6.07, 6.45) is 5.02. The summed E-state index contributed by atoms with van der Waals surface area (Å²) in [5.41, 5.74) is 3.23. The fraction of sp³-hybridized carbons (Fsp3) is 0.391. The zero-order valence-electron chi connectivity index (χ0n) is 17.4. The third-order valence-corrected chi connectivity index (χ3v) is 5.58. The maximum absolute atomic E-state index is 12.5. The largest absolute Gasteiger partial charge is 0.352 e. The molecule has 0 saturated carbocycles. The zero-order valence-corrected chi connectivity index (χ0v) is 17.4. The molecule has 1 aliphatic heterocycles. The highest BCUT2D eigenvalue weighted by Crippen LogP contribution is 2.26. The predicted octanol–water partition coefficient (Wildman–Crippen LogP) is 3.79. The second-order valence-electron chi connectivity index (χ2n) is 8.02. The highest BCUT2D eigenvalue weighted by molar-refractivity contribution is 5.78. The van der Waals surface area contributed by atoms with Gasteiger partial charge in [-0.3, -0.25) is 9.78 Å². The van der Waals surface area contributed by atoms with Gasteiger partial charge in [0.1, 0.15) is 0 Å². The molecule has 3 aromatic rings. The van der Waals surface area contributed by atoms with Crippen LogP contribution in [0.3, 0.4) is 0 Å². The summed E-state index contributed by atoms with van der Waals surface area (Å²) in [4.78, 5) is 23.2. The summed E-state index contributed by atoms with van der Waals surface area (Å²) in [6.45, 7) is 6.29. The summed E-state index contributed by atoms with van der Waals surface area (Å²) < 4.78 is 5.49. The van der Waals surface area contributed by atoms with Gasteiger partial charge in [-0.1, -0.05) is 49.3 Å². The van der Waals surface area contributed by atoms with Crippen LogP contribution in [0.25, 0.3) is 11.4 Å². The highest BCUT2D eigenvalue weighted by Gasteiger charge is 2.27. The molecule has 4 rings (SSSR count). The molecule has 7 nitrogen and oxygen atoms in total. The number of amides is 1. The van der Waals surface area contributed by atoms with Gasteiger partial charge in [-0.2, -0.15) is 4.98 Å². The molecular weight excluding hydrogens is 378 g/mol. The van der Waals surface area contributed by atoms with Crippen LogP contribution in [0.15, 0.2) is 53.3 Å². The van der Waals surface area contributed by atoms with E-state index in [1.54, 1.807) is 12.4 Å². The Balaban J connectivity index is 1.30. The van der Waals surface area contributed by atoms with Crippen LogP contribution in [0.4, 0.5) is 6.01 Å². The van der Waals surface area contributed by atoms with Gasteiger partial charge < -0.3 is 14.7 Å². The first-order valence-electron chi connectivity index (χ1n) is 10.5. The minimum absolute atomic E-state index is 0.00360. The van der Waals surface area contributed by atoms with E-state index in [0.717, 1.165) is 37.1 Å². The summed E-state index contributed by atoms with van der Waals surface area (Å²) >= 11 is 0. The van der Waals surface area contributed by atoms with Gasteiger partial charge in [0.15, 0.2) is 0 Å². The molecule has 0 radical (unpaired) electrons. The van der Waals surface area contributed by atoms with Crippen LogP contribution in [-0.4, -0.2) is 34.1 Å². The van der Waals surface area contributed by atoms with E-state index in [1.165, 1.54) is 5.56 Å². The summed E-state index contributed by atoms with van der Waals surface area (Å²) in [5, 5.41) is 7.15. The molecule has 1 amide bonds. The van der Waals surface area contributed by atoms with E-state index in [4.69, 9.17) is 4.52 Å². The maximum Gasteiger partial charge on any atom is 0.324 e. The molecule has 1 saturated heterocycles. The highest BCUT2D eigenvalue weighted by atomic mass is 16.5. The van der Waals surface area contributed by atoms with Crippen molar-refractivity contribution >= 4 is 11.9 Å². The number of piperidine rings is 1. The molecule has 0 bridgehead atoms. The van der Waals surface area contributed by atoms with Crippen LogP contribution in [0.2, 0.25) is 0 Å². The van der Waals surface area contributed by atoms with Crippen LogP contribution in [-0.2, 0) is 11.3 Å². The van der Waals surface area contributed by atoms with Gasteiger partial charge in [0.2, 0.25) is 11.7 Å². The van der Waals surface area contributed by atoms with E-state index in [2.05, 4.69) is 51.3 Å². The molecule has 156 valence electrons. The van der Waals surface area contributed by atoms with Gasteiger partial charge in [0.25, 0.3) is 0 Å². The van der Waals surface area contributed by atoms with E-state index in [-0.39, 0.29) is 11.8 Å². The lowest BCUT2D eigenvalue weighted by Gasteiger charge is -2.29. The topological polar surface area (TPSA) is 84.2 Å². The van der Waals surface area contributed by atoms with Crippen molar-refractivity contribution < 1.29 is 9.32 Å². The average Bonchev–Trinajstić information content (AvgIpc) is 3.29. The van der Waals surface area contributed by atoms with Crippen LogP contribution in [0.5, 0.6) is 0 Å². The summed E-state index contributed by atoms with van der Waals surface area (Å²) in [5.74, 6) is 1.18. The molecule has 0 unspecified atom stereocenters. The third-order valence-electron chi connectivity index (χ3n) is 5.58. The van der Waals surface area contributed by atoms with Crippen molar-refractivity contribution in [1.29, 1.82) is 0 Å². The van der Waals surface area contributed by atoms with E-state index in [0.29, 0.717) is 24.3 Å². The first-order chi connectivity index (χ1) is 14.6. The fourth-order valence-electron chi connectivity index (χ4n) is 3.65. The maximum atomic E-state index is 12.5. The van der Waals surface area contributed by atoms with E-state index >= 15 is 0 Å². The number of aromatic nitrogens is 3. The summed E-state index contributed by atoms with van der Waals surface area (Å²) in [6, 6.07) is 12.6. The zero-order chi connectivity index (χ0) is 20.9. The van der Waals surface area contributed by atoms with Crippen LogP contribution >= 0.6 is 0 Å². The van der Waals surface area contributed by atoms with E-state index in [1.807, 2.05) is 24.3 Å². The van der Waals surface area contributed by atoms with E-state index in [9.17, 15) is 4.79 Å². The SMILES string of the molecule is CC(C)c1ccc(-c2noc(N3CCC(C(=O)NCc4cccnc4)CC3)n2)cc1. The van der Waals surface area contributed by atoms with Crippen LogP contribution in [0.1, 0.15) is 43.7 Å². The number of benzene rings is 1. The Labute approximate surface area is 176 Å². The Kier molecular flexibility index (Phi) is 6.07. The molecule has 7 heteroatoms. The molecule has 1 aliphatic rings. The van der Waals surface area contributed by atoms with Crippen LogP contribution in [0, 0.1) is 5.92 Å². The Hall–Kier alpha value is -3.22. The molecule has 1 fully saturated rings. The van der Waals surface area contributed by atoms with Crippen molar-refractivity contribution in [3.8, 4) is 11.4 Å². The molecule has 30 heavy (non-hydrogen) atoms. The lowest BCUT2D eigenvalue weighted by molar-refractivity contribution is -0.125. The standard InChI is InChI=1S/C23H27N5O2/c1-16(2)18-5-7-19(8-6-18)21-26-23(30-27-21)28-12-9-20(10-13-28)22(29)25-15-17-4-3-11-24-14-17/h3-8,11,14,16,20H,9-10,12-13,15H2,1-2H3,(H,25,29). The Bertz CT molecular complexity index is 961. The average molecular weight is 406 g/mol. The predicted molar refractivity (Wildman–Crippen MR) is 115 cm³/mol. The third kappa shape index (κ3) is 4.67. The van der Waals surface area contributed by atoms with Crippen molar-refractivity contribution in [1.82, 2.24) is 20.4 Å². The van der Waals surface area contributed by atoms with Gasteiger partial charge in [-0.15, -0.1) is 0 Å². The molecule has 3 heterocycles.